The standard InChI is InChI=1S/C13H14N4O3S/c1-2-9-3-4-10(21-9)7-16-13(18)11-5-8(17(19)20)6-15-12(11)14/h3-6H,2,7H2,1H3,(H2,14,15)(H,16,18). The van der Waals surface area contributed by atoms with Crippen molar-refractivity contribution in [3.05, 3.63) is 49.8 Å². The van der Waals surface area contributed by atoms with Crippen molar-refractivity contribution in [2.24, 2.45) is 0 Å². The number of pyridine rings is 1. The highest BCUT2D eigenvalue weighted by atomic mass is 32.1. The third-order valence-electron chi connectivity index (χ3n) is 2.85. The van der Waals surface area contributed by atoms with Crippen LogP contribution in [0.25, 0.3) is 0 Å². The Labute approximate surface area is 125 Å². The molecule has 21 heavy (non-hydrogen) atoms. The van der Waals surface area contributed by atoms with Crippen molar-refractivity contribution in [2.45, 2.75) is 19.9 Å². The van der Waals surface area contributed by atoms with Crippen LogP contribution >= 0.6 is 11.3 Å². The van der Waals surface area contributed by atoms with Crippen molar-refractivity contribution >= 4 is 28.7 Å². The highest BCUT2D eigenvalue weighted by Crippen LogP contribution is 2.18. The first-order chi connectivity index (χ1) is 10.0. The second-order valence-corrected chi connectivity index (χ2v) is 5.54. The summed E-state index contributed by atoms with van der Waals surface area (Å²) in [6.07, 6.45) is 1.97. The number of nitro groups is 1. The van der Waals surface area contributed by atoms with E-state index in [1.807, 2.05) is 12.1 Å². The van der Waals surface area contributed by atoms with Gasteiger partial charge in [0.2, 0.25) is 0 Å². The molecule has 0 aromatic carbocycles. The number of nitrogen functional groups attached to an aromatic ring is 1. The van der Waals surface area contributed by atoms with Crippen LogP contribution in [0.3, 0.4) is 0 Å². The molecule has 0 fully saturated rings. The number of nitrogens with zero attached hydrogens (tertiary/aromatic N) is 2. The lowest BCUT2D eigenvalue weighted by Gasteiger charge is -2.05. The predicted octanol–water partition coefficient (Wildman–Crippen LogP) is 2.13. The van der Waals surface area contributed by atoms with Crippen molar-refractivity contribution in [2.75, 3.05) is 5.73 Å². The van der Waals surface area contributed by atoms with Crippen LogP contribution in [0, 0.1) is 10.1 Å². The lowest BCUT2D eigenvalue weighted by atomic mass is 10.2. The Balaban J connectivity index is 2.09. The summed E-state index contributed by atoms with van der Waals surface area (Å²) >= 11 is 1.61. The van der Waals surface area contributed by atoms with Gasteiger partial charge < -0.3 is 11.1 Å². The summed E-state index contributed by atoms with van der Waals surface area (Å²) in [5.41, 5.74) is 5.34. The van der Waals surface area contributed by atoms with Crippen LogP contribution in [0.4, 0.5) is 11.5 Å². The van der Waals surface area contributed by atoms with Crippen LogP contribution in [0.15, 0.2) is 24.4 Å². The third kappa shape index (κ3) is 3.54. The van der Waals surface area contributed by atoms with E-state index < -0.39 is 10.8 Å². The number of amides is 1. The summed E-state index contributed by atoms with van der Waals surface area (Å²) in [4.78, 5) is 28.0. The number of carbonyl (C=O) groups is 1. The molecule has 0 aliphatic rings. The molecule has 0 unspecified atom stereocenters. The molecule has 7 nitrogen and oxygen atoms in total. The van der Waals surface area contributed by atoms with E-state index in [1.165, 1.54) is 4.88 Å². The Hall–Kier alpha value is -2.48. The van der Waals surface area contributed by atoms with Gasteiger partial charge in [-0.2, -0.15) is 0 Å². The number of hydrogen-bond acceptors (Lipinski definition) is 6. The molecule has 2 aromatic rings. The minimum absolute atomic E-state index is 0.0106. The van der Waals surface area contributed by atoms with E-state index in [4.69, 9.17) is 5.73 Å². The summed E-state index contributed by atoms with van der Waals surface area (Å²) in [5, 5.41) is 13.4. The maximum Gasteiger partial charge on any atom is 0.288 e. The molecule has 0 atom stereocenters. The molecule has 110 valence electrons. The first-order valence-corrected chi connectivity index (χ1v) is 7.08. The van der Waals surface area contributed by atoms with Crippen LogP contribution in [0.5, 0.6) is 0 Å². The zero-order valence-corrected chi connectivity index (χ0v) is 12.1. The van der Waals surface area contributed by atoms with E-state index in [2.05, 4.69) is 17.2 Å². The molecule has 0 aliphatic carbocycles. The molecule has 2 heterocycles. The minimum Gasteiger partial charge on any atom is -0.383 e. The fraction of sp³-hybridized carbons (Fsp3) is 0.231. The maximum atomic E-state index is 12.0. The molecule has 2 aromatic heterocycles. The highest BCUT2D eigenvalue weighted by molar-refractivity contribution is 7.11. The van der Waals surface area contributed by atoms with E-state index in [0.29, 0.717) is 6.54 Å². The summed E-state index contributed by atoms with van der Waals surface area (Å²) < 4.78 is 0. The first-order valence-electron chi connectivity index (χ1n) is 6.27. The van der Waals surface area contributed by atoms with Crippen molar-refractivity contribution in [1.82, 2.24) is 10.3 Å². The number of hydrogen-bond donors (Lipinski definition) is 2. The van der Waals surface area contributed by atoms with E-state index in [9.17, 15) is 14.9 Å². The van der Waals surface area contributed by atoms with Gasteiger partial charge in [0.1, 0.15) is 12.0 Å². The van der Waals surface area contributed by atoms with Crippen molar-refractivity contribution in [3.8, 4) is 0 Å². The van der Waals surface area contributed by atoms with Gasteiger partial charge in [-0.25, -0.2) is 4.98 Å². The van der Waals surface area contributed by atoms with Gasteiger partial charge in [-0.3, -0.25) is 14.9 Å². The van der Waals surface area contributed by atoms with Gasteiger partial charge in [-0.1, -0.05) is 6.92 Å². The molecule has 0 spiro atoms. The van der Waals surface area contributed by atoms with E-state index in [1.54, 1.807) is 11.3 Å². The van der Waals surface area contributed by atoms with E-state index >= 15 is 0 Å². The number of nitrogens with one attached hydrogen (secondary N) is 1. The molecule has 0 saturated carbocycles. The molecule has 3 N–H and O–H groups in total. The average molecular weight is 306 g/mol. The Kier molecular flexibility index (Phi) is 4.49. The normalized spacial score (nSPS) is 10.3. The van der Waals surface area contributed by atoms with Crippen LogP contribution in [-0.4, -0.2) is 15.8 Å². The highest BCUT2D eigenvalue weighted by Gasteiger charge is 2.16. The number of aromatic nitrogens is 1. The Morgan fingerprint density at radius 3 is 2.81 bits per heavy atom. The number of anilines is 1. The van der Waals surface area contributed by atoms with Crippen molar-refractivity contribution < 1.29 is 9.72 Å². The quantitative estimate of drug-likeness (QED) is 0.649. The topological polar surface area (TPSA) is 111 Å². The Morgan fingerprint density at radius 2 is 2.19 bits per heavy atom. The van der Waals surface area contributed by atoms with E-state index in [-0.39, 0.29) is 17.1 Å². The van der Waals surface area contributed by atoms with Crippen LogP contribution in [0.1, 0.15) is 27.0 Å². The van der Waals surface area contributed by atoms with Gasteiger partial charge >= 0.3 is 0 Å². The van der Waals surface area contributed by atoms with Gasteiger partial charge in [-0.05, 0) is 18.6 Å². The summed E-state index contributed by atoms with van der Waals surface area (Å²) in [6, 6.07) is 5.08. The van der Waals surface area contributed by atoms with Crippen LogP contribution < -0.4 is 11.1 Å². The number of carbonyl (C=O) groups excluding carboxylic acids is 1. The SMILES string of the molecule is CCc1ccc(CNC(=O)c2cc([N+](=O)[O-])cnc2N)s1. The van der Waals surface area contributed by atoms with Gasteiger partial charge in [-0.15, -0.1) is 11.3 Å². The summed E-state index contributed by atoms with van der Waals surface area (Å²) in [6.45, 7) is 2.41. The molecular formula is C13H14N4O3S. The number of nitrogens with two attached hydrogens (primary N) is 1. The number of aryl methyl sites for hydroxylation is 1. The molecule has 8 heteroatoms. The number of thiophene rings is 1. The summed E-state index contributed by atoms with van der Waals surface area (Å²) in [7, 11) is 0. The molecule has 1 amide bonds. The molecule has 2 rings (SSSR count). The predicted molar refractivity (Wildman–Crippen MR) is 80.2 cm³/mol. The maximum absolute atomic E-state index is 12.0. The third-order valence-corrected chi connectivity index (χ3v) is 4.08. The van der Waals surface area contributed by atoms with Gasteiger partial charge in [0.25, 0.3) is 11.6 Å². The van der Waals surface area contributed by atoms with Gasteiger partial charge in [0, 0.05) is 15.8 Å². The van der Waals surface area contributed by atoms with E-state index in [0.717, 1.165) is 23.6 Å². The minimum atomic E-state index is -0.615. The molecule has 0 bridgehead atoms. The molecule has 0 aliphatic heterocycles. The first kappa shape index (κ1) is 14.9. The zero-order chi connectivity index (χ0) is 15.4. The largest absolute Gasteiger partial charge is 0.383 e. The van der Waals surface area contributed by atoms with Crippen molar-refractivity contribution in [1.29, 1.82) is 0 Å². The fourth-order valence-electron chi connectivity index (χ4n) is 1.72. The molecule has 0 radical (unpaired) electrons. The second-order valence-electron chi connectivity index (χ2n) is 4.29. The van der Waals surface area contributed by atoms with Crippen LogP contribution in [0.2, 0.25) is 0 Å². The van der Waals surface area contributed by atoms with Gasteiger partial charge in [0.05, 0.1) is 17.0 Å². The summed E-state index contributed by atoms with van der Waals surface area (Å²) in [5.74, 6) is -0.506. The average Bonchev–Trinajstić information content (AvgIpc) is 2.93. The lowest BCUT2D eigenvalue weighted by molar-refractivity contribution is -0.385. The molecular weight excluding hydrogens is 292 g/mol. The second kappa shape index (κ2) is 6.31. The van der Waals surface area contributed by atoms with Crippen LogP contribution in [-0.2, 0) is 13.0 Å². The lowest BCUT2D eigenvalue weighted by Crippen LogP contribution is -2.23. The number of rotatable bonds is 5. The smallest absolute Gasteiger partial charge is 0.288 e. The zero-order valence-electron chi connectivity index (χ0n) is 11.3. The molecule has 0 saturated heterocycles. The Morgan fingerprint density at radius 1 is 1.48 bits per heavy atom. The van der Waals surface area contributed by atoms with Gasteiger partial charge in [0.15, 0.2) is 0 Å². The van der Waals surface area contributed by atoms with Crippen molar-refractivity contribution in [3.63, 3.8) is 0 Å². The fourth-order valence-corrected chi connectivity index (χ4v) is 2.61. The monoisotopic (exact) mass is 306 g/mol. The Bertz CT molecular complexity index is 684.